The number of ether oxygens (including phenoxy) is 4. The normalized spacial score (nSPS) is 10.2. The molecule has 0 radical (unpaired) electrons. The zero-order valence-electron chi connectivity index (χ0n) is 18.2. The van der Waals surface area contributed by atoms with Gasteiger partial charge in [0.2, 0.25) is 0 Å². The van der Waals surface area contributed by atoms with E-state index in [-0.39, 0.29) is 5.57 Å². The highest BCUT2D eigenvalue weighted by atomic mass is 16.6. The van der Waals surface area contributed by atoms with Gasteiger partial charge in [0.1, 0.15) is 17.2 Å². The van der Waals surface area contributed by atoms with Crippen LogP contribution in [0.15, 0.2) is 78.9 Å². The average Bonchev–Trinajstić information content (AvgIpc) is 2.82. The molecule has 0 bridgehead atoms. The smallest absolute Gasteiger partial charge is 0.349 e. The predicted octanol–water partition coefficient (Wildman–Crippen LogP) is 5.06. The molecule has 6 heteroatoms. The zero-order valence-corrected chi connectivity index (χ0v) is 18.2. The fourth-order valence-electron chi connectivity index (χ4n) is 3.00. The topological polar surface area (TPSA) is 71.1 Å². The van der Waals surface area contributed by atoms with Gasteiger partial charge in [-0.05, 0) is 53.9 Å². The van der Waals surface area contributed by atoms with Crippen molar-refractivity contribution in [3.63, 3.8) is 0 Å². The van der Waals surface area contributed by atoms with Gasteiger partial charge in [0.05, 0.1) is 14.2 Å². The van der Waals surface area contributed by atoms with E-state index in [0.717, 1.165) is 33.8 Å². The minimum absolute atomic E-state index is 0.218. The maximum Gasteiger partial charge on any atom is 0.349 e. The summed E-state index contributed by atoms with van der Waals surface area (Å²) in [4.78, 5) is 23.2. The second kappa shape index (κ2) is 10.3. The Morgan fingerprint density at radius 1 is 0.781 bits per heavy atom. The van der Waals surface area contributed by atoms with E-state index in [1.807, 2.05) is 54.6 Å². The van der Waals surface area contributed by atoms with Gasteiger partial charge in [0.25, 0.3) is 0 Å². The van der Waals surface area contributed by atoms with Crippen LogP contribution in [0, 0.1) is 0 Å². The molecule has 6 nitrogen and oxygen atoms in total. The van der Waals surface area contributed by atoms with Crippen molar-refractivity contribution in [3.8, 4) is 39.5 Å². The molecule has 0 aliphatic carbocycles. The quantitative estimate of drug-likeness (QED) is 0.281. The van der Waals surface area contributed by atoms with E-state index in [1.165, 1.54) is 6.92 Å². The molecule has 0 fully saturated rings. The maximum absolute atomic E-state index is 11.8. The van der Waals surface area contributed by atoms with Crippen LogP contribution < -0.4 is 14.2 Å². The van der Waals surface area contributed by atoms with Crippen LogP contribution in [-0.2, 0) is 14.3 Å². The number of methoxy groups -OCH3 is 2. The summed E-state index contributed by atoms with van der Waals surface area (Å²) in [5.41, 5.74) is 4.08. The molecule has 0 aliphatic heterocycles. The van der Waals surface area contributed by atoms with Gasteiger partial charge in [0, 0.05) is 11.1 Å². The first-order valence-corrected chi connectivity index (χ1v) is 9.87. The Morgan fingerprint density at radius 3 is 1.97 bits per heavy atom. The first-order valence-electron chi connectivity index (χ1n) is 9.87. The highest BCUT2D eigenvalue weighted by Crippen LogP contribution is 2.35. The van der Waals surface area contributed by atoms with Crippen LogP contribution in [0.3, 0.4) is 0 Å². The molecular weight excluding hydrogens is 408 g/mol. The first kappa shape index (κ1) is 22.6. The van der Waals surface area contributed by atoms with E-state index >= 15 is 0 Å². The maximum atomic E-state index is 11.8. The first-order chi connectivity index (χ1) is 15.4. The van der Waals surface area contributed by atoms with Crippen LogP contribution in [0.2, 0.25) is 0 Å². The number of carbonyl (C=O) groups excluding carboxylic acids is 2. The van der Waals surface area contributed by atoms with Crippen LogP contribution in [-0.4, -0.2) is 32.8 Å². The van der Waals surface area contributed by atoms with E-state index in [2.05, 4.69) is 6.58 Å². The van der Waals surface area contributed by atoms with Crippen molar-refractivity contribution >= 4 is 11.9 Å². The number of rotatable bonds is 8. The number of esters is 2. The van der Waals surface area contributed by atoms with Crippen molar-refractivity contribution < 1.29 is 28.5 Å². The highest BCUT2D eigenvalue weighted by molar-refractivity contribution is 5.88. The van der Waals surface area contributed by atoms with Crippen molar-refractivity contribution in [2.45, 2.75) is 6.92 Å². The molecule has 0 heterocycles. The van der Waals surface area contributed by atoms with Crippen LogP contribution in [0.5, 0.6) is 17.2 Å². The summed E-state index contributed by atoms with van der Waals surface area (Å²) in [6.07, 6.45) is 0. The van der Waals surface area contributed by atoms with Gasteiger partial charge in [-0.3, -0.25) is 0 Å². The molecule has 0 aliphatic rings. The van der Waals surface area contributed by atoms with Crippen LogP contribution in [0.4, 0.5) is 0 Å². The summed E-state index contributed by atoms with van der Waals surface area (Å²) < 4.78 is 20.8. The Bertz CT molecular complexity index is 1110. The molecule has 0 saturated heterocycles. The average molecular weight is 432 g/mol. The molecule has 0 unspecified atom stereocenters. The van der Waals surface area contributed by atoms with Crippen molar-refractivity contribution in [2.24, 2.45) is 0 Å². The van der Waals surface area contributed by atoms with E-state index in [1.54, 1.807) is 26.4 Å². The van der Waals surface area contributed by atoms with E-state index in [9.17, 15) is 9.59 Å². The third-order valence-corrected chi connectivity index (χ3v) is 4.69. The lowest BCUT2D eigenvalue weighted by Gasteiger charge is -2.12. The Morgan fingerprint density at radius 2 is 1.38 bits per heavy atom. The predicted molar refractivity (Wildman–Crippen MR) is 122 cm³/mol. The lowest BCUT2D eigenvalue weighted by molar-refractivity contribution is -0.150. The molecule has 0 atom stereocenters. The van der Waals surface area contributed by atoms with Crippen LogP contribution >= 0.6 is 0 Å². The molecule has 0 N–H and O–H groups in total. The fraction of sp³-hybridized carbons (Fsp3) is 0.154. The number of hydrogen-bond donors (Lipinski definition) is 0. The third kappa shape index (κ3) is 5.55. The molecule has 3 rings (SSSR count). The Balaban J connectivity index is 1.72. The summed E-state index contributed by atoms with van der Waals surface area (Å²) in [5.74, 6) is 0.579. The van der Waals surface area contributed by atoms with Gasteiger partial charge in [-0.2, -0.15) is 0 Å². The Kier molecular flexibility index (Phi) is 7.29. The van der Waals surface area contributed by atoms with Gasteiger partial charge in [0.15, 0.2) is 6.61 Å². The number of carbonyl (C=O) groups is 2. The Labute approximate surface area is 187 Å². The summed E-state index contributed by atoms with van der Waals surface area (Å²) in [5, 5.41) is 0. The molecule has 3 aromatic rings. The minimum atomic E-state index is -0.669. The summed E-state index contributed by atoms with van der Waals surface area (Å²) >= 11 is 0. The summed E-state index contributed by atoms with van der Waals surface area (Å²) in [7, 11) is 3.27. The SMILES string of the molecule is C=C(C)C(=O)OCC(=O)Oc1ccc(-c2ccc(-c3ccc(OC)cc3)c(OC)c2)cc1. The van der Waals surface area contributed by atoms with Crippen molar-refractivity contribution in [2.75, 3.05) is 20.8 Å². The lowest BCUT2D eigenvalue weighted by atomic mass is 9.99. The highest BCUT2D eigenvalue weighted by Gasteiger charge is 2.12. The molecule has 0 spiro atoms. The third-order valence-electron chi connectivity index (χ3n) is 4.69. The van der Waals surface area contributed by atoms with Gasteiger partial charge >= 0.3 is 11.9 Å². The number of benzene rings is 3. The molecule has 164 valence electrons. The van der Waals surface area contributed by atoms with Crippen molar-refractivity contribution in [3.05, 3.63) is 78.9 Å². The molecule has 32 heavy (non-hydrogen) atoms. The zero-order chi connectivity index (χ0) is 23.1. The van der Waals surface area contributed by atoms with Crippen molar-refractivity contribution in [1.82, 2.24) is 0 Å². The largest absolute Gasteiger partial charge is 0.497 e. The summed E-state index contributed by atoms with van der Waals surface area (Å²) in [6, 6.07) is 20.8. The molecule has 0 aromatic heterocycles. The molecular formula is C26H24O6. The number of hydrogen-bond acceptors (Lipinski definition) is 6. The molecule has 0 amide bonds. The Hall–Kier alpha value is -4.06. The van der Waals surface area contributed by atoms with Crippen LogP contribution in [0.25, 0.3) is 22.3 Å². The van der Waals surface area contributed by atoms with E-state index in [4.69, 9.17) is 18.9 Å². The van der Waals surface area contributed by atoms with E-state index in [0.29, 0.717) is 5.75 Å². The van der Waals surface area contributed by atoms with Crippen molar-refractivity contribution in [1.29, 1.82) is 0 Å². The van der Waals surface area contributed by atoms with Gasteiger partial charge in [-0.1, -0.05) is 43.0 Å². The second-order valence-corrected chi connectivity index (χ2v) is 7.00. The lowest BCUT2D eigenvalue weighted by Crippen LogP contribution is -2.18. The molecule has 0 saturated carbocycles. The second-order valence-electron chi connectivity index (χ2n) is 7.00. The monoisotopic (exact) mass is 432 g/mol. The summed E-state index contributed by atoms with van der Waals surface area (Å²) in [6.45, 7) is 4.49. The van der Waals surface area contributed by atoms with E-state index < -0.39 is 18.5 Å². The standard InChI is InChI=1S/C26H24O6/c1-17(2)26(28)31-16-25(27)32-22-12-5-18(6-13-22)20-9-14-23(24(15-20)30-4)19-7-10-21(29-3)11-8-19/h5-15H,1,16H2,2-4H3. The van der Waals surface area contributed by atoms with Gasteiger partial charge < -0.3 is 18.9 Å². The van der Waals surface area contributed by atoms with Gasteiger partial charge in [-0.15, -0.1) is 0 Å². The van der Waals surface area contributed by atoms with Crippen LogP contribution in [0.1, 0.15) is 6.92 Å². The minimum Gasteiger partial charge on any atom is -0.497 e. The van der Waals surface area contributed by atoms with Gasteiger partial charge in [-0.25, -0.2) is 9.59 Å². The molecule has 3 aromatic carbocycles. The fourth-order valence-corrected chi connectivity index (χ4v) is 3.00.